The van der Waals surface area contributed by atoms with E-state index in [0.29, 0.717) is 25.3 Å². The van der Waals surface area contributed by atoms with Crippen LogP contribution in [0.4, 0.5) is 5.95 Å². The van der Waals surface area contributed by atoms with Crippen LogP contribution >= 0.6 is 0 Å². The number of nitrogens with zero attached hydrogens (tertiary/aromatic N) is 4. The molecule has 1 N–H and O–H groups in total. The van der Waals surface area contributed by atoms with Gasteiger partial charge in [-0.25, -0.2) is 9.78 Å². The first kappa shape index (κ1) is 17.7. The molecule has 0 radical (unpaired) electrons. The number of carboxylic acid groups (broad SMARTS) is 1. The monoisotopic (exact) mass is 374 g/mol. The zero-order valence-corrected chi connectivity index (χ0v) is 15.1. The number of hydrogen-bond acceptors (Lipinski definition) is 6. The number of carbonyl (C=O) groups excluding carboxylic acids is 1. The fourth-order valence-corrected chi connectivity index (χ4v) is 3.53. The standard InChI is InChI=1S/C18H22N4O5/c1-20-14-3-2-12(16(23)22-6-9-27-15(11-22)17(24)25)10-13(14)19-18(20)21-4-7-26-8-5-21/h2-3,10,15H,4-9,11H2,1H3,(H,24,25). The lowest BCUT2D eigenvalue weighted by Gasteiger charge is -2.30. The van der Waals surface area contributed by atoms with E-state index in [-0.39, 0.29) is 19.1 Å². The maximum Gasteiger partial charge on any atom is 0.334 e. The molecule has 1 amide bonds. The first-order valence-corrected chi connectivity index (χ1v) is 8.97. The average Bonchev–Trinajstić information content (AvgIpc) is 3.04. The van der Waals surface area contributed by atoms with Gasteiger partial charge in [0.25, 0.3) is 5.91 Å². The van der Waals surface area contributed by atoms with E-state index >= 15 is 0 Å². The molecule has 4 rings (SSSR count). The quantitative estimate of drug-likeness (QED) is 0.827. The second-order valence-corrected chi connectivity index (χ2v) is 6.72. The number of aryl methyl sites for hydroxylation is 1. The van der Waals surface area contributed by atoms with Gasteiger partial charge in [0.05, 0.1) is 37.4 Å². The van der Waals surface area contributed by atoms with Gasteiger partial charge in [0.1, 0.15) is 0 Å². The highest BCUT2D eigenvalue weighted by Gasteiger charge is 2.29. The lowest BCUT2D eigenvalue weighted by atomic mass is 10.1. The third-order valence-corrected chi connectivity index (χ3v) is 5.03. The van der Waals surface area contributed by atoms with Gasteiger partial charge in [-0.05, 0) is 18.2 Å². The first-order valence-electron chi connectivity index (χ1n) is 8.97. The Morgan fingerprint density at radius 2 is 1.96 bits per heavy atom. The van der Waals surface area contributed by atoms with Gasteiger partial charge in [-0.15, -0.1) is 0 Å². The van der Waals surface area contributed by atoms with E-state index in [2.05, 4.69) is 4.90 Å². The molecule has 0 aliphatic carbocycles. The summed E-state index contributed by atoms with van der Waals surface area (Å²) in [6.07, 6.45) is -0.978. The molecule has 1 atom stereocenters. The Kier molecular flexibility index (Phi) is 4.71. The van der Waals surface area contributed by atoms with Crippen molar-refractivity contribution in [1.82, 2.24) is 14.5 Å². The minimum atomic E-state index is -1.05. The number of aromatic nitrogens is 2. The van der Waals surface area contributed by atoms with E-state index in [0.717, 1.165) is 30.1 Å². The van der Waals surface area contributed by atoms with E-state index < -0.39 is 12.1 Å². The van der Waals surface area contributed by atoms with Gasteiger partial charge in [-0.2, -0.15) is 0 Å². The highest BCUT2D eigenvalue weighted by atomic mass is 16.5. The van der Waals surface area contributed by atoms with Crippen LogP contribution in [0.3, 0.4) is 0 Å². The Balaban J connectivity index is 1.59. The number of imidazole rings is 1. The molecule has 2 fully saturated rings. The average molecular weight is 374 g/mol. The van der Waals surface area contributed by atoms with E-state index in [1.165, 1.54) is 4.90 Å². The summed E-state index contributed by atoms with van der Waals surface area (Å²) in [4.78, 5) is 32.4. The smallest absolute Gasteiger partial charge is 0.334 e. The Labute approximate surface area is 156 Å². The molecule has 1 unspecified atom stereocenters. The number of rotatable bonds is 3. The van der Waals surface area contributed by atoms with Crippen LogP contribution in [0.5, 0.6) is 0 Å². The van der Waals surface area contributed by atoms with Crippen molar-refractivity contribution >= 4 is 28.9 Å². The highest BCUT2D eigenvalue weighted by molar-refractivity contribution is 5.98. The van der Waals surface area contributed by atoms with E-state index in [1.54, 1.807) is 12.1 Å². The van der Waals surface area contributed by atoms with Gasteiger partial charge in [0.2, 0.25) is 5.95 Å². The van der Waals surface area contributed by atoms with Crippen molar-refractivity contribution in [3.05, 3.63) is 23.8 Å². The second-order valence-electron chi connectivity index (χ2n) is 6.72. The molecule has 2 saturated heterocycles. The Hall–Kier alpha value is -2.65. The molecule has 144 valence electrons. The molecule has 2 aromatic rings. The number of fused-ring (bicyclic) bond motifs is 1. The van der Waals surface area contributed by atoms with Crippen LogP contribution in [-0.2, 0) is 21.3 Å². The summed E-state index contributed by atoms with van der Waals surface area (Å²) in [5.74, 6) is -0.400. The molecule has 1 aromatic carbocycles. The molecule has 0 saturated carbocycles. The maximum atomic E-state index is 12.8. The summed E-state index contributed by atoms with van der Waals surface area (Å²) >= 11 is 0. The number of morpholine rings is 2. The molecule has 9 nitrogen and oxygen atoms in total. The summed E-state index contributed by atoms with van der Waals surface area (Å²) in [7, 11) is 1.96. The predicted octanol–water partition coefficient (Wildman–Crippen LogP) is 0.336. The number of hydrogen-bond donors (Lipinski definition) is 1. The van der Waals surface area contributed by atoms with Crippen LogP contribution in [0.25, 0.3) is 11.0 Å². The van der Waals surface area contributed by atoms with Gasteiger partial charge >= 0.3 is 5.97 Å². The van der Waals surface area contributed by atoms with E-state index in [9.17, 15) is 9.59 Å². The van der Waals surface area contributed by atoms with E-state index in [1.807, 2.05) is 17.7 Å². The second kappa shape index (κ2) is 7.16. The highest BCUT2D eigenvalue weighted by Crippen LogP contribution is 2.24. The lowest BCUT2D eigenvalue weighted by molar-refractivity contribution is -0.154. The number of ether oxygens (including phenoxy) is 2. The van der Waals surface area contributed by atoms with Gasteiger partial charge < -0.3 is 28.9 Å². The Morgan fingerprint density at radius 1 is 1.19 bits per heavy atom. The molecule has 0 spiro atoms. The number of benzene rings is 1. The Bertz CT molecular complexity index is 874. The van der Waals surface area contributed by atoms with Crippen molar-refractivity contribution in [2.75, 3.05) is 50.9 Å². The van der Waals surface area contributed by atoms with Gasteiger partial charge in [-0.3, -0.25) is 4.79 Å². The van der Waals surface area contributed by atoms with Crippen molar-refractivity contribution in [3.63, 3.8) is 0 Å². The zero-order chi connectivity index (χ0) is 19.0. The van der Waals surface area contributed by atoms with Crippen LogP contribution in [-0.4, -0.2) is 83.5 Å². The fourth-order valence-electron chi connectivity index (χ4n) is 3.53. The van der Waals surface area contributed by atoms with Gasteiger partial charge in [0, 0.05) is 32.2 Å². The third kappa shape index (κ3) is 3.35. The van der Waals surface area contributed by atoms with Crippen molar-refractivity contribution < 1.29 is 24.2 Å². The number of carbonyl (C=O) groups is 2. The summed E-state index contributed by atoms with van der Waals surface area (Å²) in [6.45, 7) is 3.56. The third-order valence-electron chi connectivity index (χ3n) is 5.03. The fraction of sp³-hybridized carbons (Fsp3) is 0.500. The minimum absolute atomic E-state index is 0.0491. The summed E-state index contributed by atoms with van der Waals surface area (Å²) in [6, 6.07) is 5.42. The van der Waals surface area contributed by atoms with Gasteiger partial charge in [-0.1, -0.05) is 0 Å². The van der Waals surface area contributed by atoms with Crippen LogP contribution < -0.4 is 4.90 Å². The molecule has 2 aliphatic heterocycles. The molecular formula is C18H22N4O5. The Morgan fingerprint density at radius 3 is 2.70 bits per heavy atom. The normalized spacial score (nSPS) is 20.9. The van der Waals surface area contributed by atoms with Gasteiger partial charge in [0.15, 0.2) is 6.10 Å². The SMILES string of the molecule is Cn1c(N2CCOCC2)nc2cc(C(=O)N3CCOC(C(=O)O)C3)ccc21. The molecule has 2 aliphatic rings. The number of aliphatic carboxylic acids is 1. The van der Waals surface area contributed by atoms with E-state index in [4.69, 9.17) is 19.6 Å². The van der Waals surface area contributed by atoms with Crippen molar-refractivity contribution in [3.8, 4) is 0 Å². The molecule has 27 heavy (non-hydrogen) atoms. The van der Waals surface area contributed by atoms with Crippen molar-refractivity contribution in [2.45, 2.75) is 6.10 Å². The van der Waals surface area contributed by atoms with Crippen LogP contribution in [0.2, 0.25) is 0 Å². The molecule has 1 aromatic heterocycles. The molecule has 3 heterocycles. The number of amides is 1. The lowest BCUT2D eigenvalue weighted by Crippen LogP contribution is -2.48. The molecule has 0 bridgehead atoms. The molecule has 9 heteroatoms. The maximum absolute atomic E-state index is 12.8. The number of anilines is 1. The topological polar surface area (TPSA) is 97.1 Å². The first-order chi connectivity index (χ1) is 13.0. The van der Waals surface area contributed by atoms with Crippen molar-refractivity contribution in [1.29, 1.82) is 0 Å². The number of carboxylic acids is 1. The minimum Gasteiger partial charge on any atom is -0.479 e. The van der Waals surface area contributed by atoms with Crippen LogP contribution in [0.15, 0.2) is 18.2 Å². The van der Waals surface area contributed by atoms with Crippen molar-refractivity contribution in [2.24, 2.45) is 7.05 Å². The summed E-state index contributed by atoms with van der Waals surface area (Å²) in [5.41, 5.74) is 2.19. The molecular weight excluding hydrogens is 352 g/mol. The van der Waals surface area contributed by atoms with Crippen LogP contribution in [0.1, 0.15) is 10.4 Å². The zero-order valence-electron chi connectivity index (χ0n) is 15.1. The summed E-state index contributed by atoms with van der Waals surface area (Å²) in [5, 5.41) is 9.12. The van der Waals surface area contributed by atoms with Crippen LogP contribution in [0, 0.1) is 0 Å². The predicted molar refractivity (Wildman–Crippen MR) is 97.0 cm³/mol. The largest absolute Gasteiger partial charge is 0.479 e. The summed E-state index contributed by atoms with van der Waals surface area (Å²) < 4.78 is 12.6.